The van der Waals surface area contributed by atoms with Gasteiger partial charge in [0.25, 0.3) is 0 Å². The fourth-order valence-corrected chi connectivity index (χ4v) is 6.42. The third-order valence-corrected chi connectivity index (χ3v) is 8.07. The van der Waals surface area contributed by atoms with Gasteiger partial charge in [0.1, 0.15) is 29.0 Å². The smallest absolute Gasteiger partial charge is 0.234 e. The van der Waals surface area contributed by atoms with Gasteiger partial charge in [0.05, 0.1) is 12.1 Å². The Morgan fingerprint density at radius 2 is 1.94 bits per heavy atom. The van der Waals surface area contributed by atoms with Gasteiger partial charge in [-0.3, -0.25) is 9.69 Å². The number of nitrogens with one attached hydrogen (secondary N) is 1. The Hall–Kier alpha value is -2.75. The number of carbonyl (C=O) groups is 1. The van der Waals surface area contributed by atoms with Gasteiger partial charge in [0.15, 0.2) is 0 Å². The lowest BCUT2D eigenvalue weighted by molar-refractivity contribution is -0.120. The van der Waals surface area contributed by atoms with Crippen LogP contribution in [0.3, 0.4) is 0 Å². The number of amides is 1. The highest BCUT2D eigenvalue weighted by Crippen LogP contribution is 2.42. The quantitative estimate of drug-likeness (QED) is 0.631. The van der Waals surface area contributed by atoms with Gasteiger partial charge in [-0.25, -0.2) is 0 Å². The molecule has 4 rings (SSSR count). The monoisotopic (exact) mass is 465 g/mol. The van der Waals surface area contributed by atoms with Crippen molar-refractivity contribution in [3.63, 3.8) is 0 Å². The fraction of sp³-hybridized carbons (Fsp3) is 0.625. The fourth-order valence-electron chi connectivity index (χ4n) is 5.53. The molecule has 9 heteroatoms. The maximum absolute atomic E-state index is 12.2. The number of piperidine rings is 1. The van der Waals surface area contributed by atoms with Crippen LogP contribution in [0.2, 0.25) is 0 Å². The standard InChI is InChI=1S/C24H31N7OS/c1-15(2)24-29-28-16(3)31(24)19-12-17-4-5-18(13-19)30(17)11-9-21(27-23(32)8-10-25)22-7-6-20(14-26)33-22/h6-7,15,17-19,21H,4-5,8-9,11-13H2,1-3H3,(H,27,32)/t17-,18-,21-/m0/s1. The molecule has 2 aromatic rings. The maximum Gasteiger partial charge on any atom is 0.234 e. The highest BCUT2D eigenvalue weighted by molar-refractivity contribution is 7.12. The third-order valence-electron chi connectivity index (χ3n) is 6.96. The average Bonchev–Trinajstić information content (AvgIpc) is 3.47. The van der Waals surface area contributed by atoms with Crippen molar-refractivity contribution in [1.82, 2.24) is 25.0 Å². The van der Waals surface area contributed by atoms with Crippen LogP contribution in [-0.4, -0.2) is 44.2 Å². The van der Waals surface area contributed by atoms with Crippen LogP contribution in [0.5, 0.6) is 0 Å². The van der Waals surface area contributed by atoms with Crippen LogP contribution in [0.25, 0.3) is 0 Å². The van der Waals surface area contributed by atoms with Crippen molar-refractivity contribution >= 4 is 17.2 Å². The highest BCUT2D eigenvalue weighted by Gasteiger charge is 2.42. The molecule has 2 aliphatic rings. The summed E-state index contributed by atoms with van der Waals surface area (Å²) >= 11 is 1.41. The van der Waals surface area contributed by atoms with Gasteiger partial charge in [-0.2, -0.15) is 10.5 Å². The normalized spacial score (nSPS) is 23.3. The zero-order chi connectivity index (χ0) is 23.5. The van der Waals surface area contributed by atoms with E-state index in [1.54, 1.807) is 6.07 Å². The van der Waals surface area contributed by atoms with E-state index in [-0.39, 0.29) is 18.4 Å². The van der Waals surface area contributed by atoms with E-state index in [9.17, 15) is 10.1 Å². The van der Waals surface area contributed by atoms with E-state index in [1.165, 1.54) is 24.2 Å². The van der Waals surface area contributed by atoms with Gasteiger partial charge in [-0.1, -0.05) is 13.8 Å². The van der Waals surface area contributed by atoms with E-state index >= 15 is 0 Å². The molecule has 0 saturated carbocycles. The van der Waals surface area contributed by atoms with Gasteiger partial charge in [0, 0.05) is 35.5 Å². The van der Waals surface area contributed by atoms with Crippen LogP contribution in [0, 0.1) is 29.6 Å². The van der Waals surface area contributed by atoms with E-state index in [0.717, 1.165) is 42.3 Å². The third kappa shape index (κ3) is 4.95. The Kier molecular flexibility index (Phi) is 7.11. The zero-order valence-corrected chi connectivity index (χ0v) is 20.3. The predicted octanol–water partition coefficient (Wildman–Crippen LogP) is 3.97. The molecule has 174 valence electrons. The first-order chi connectivity index (χ1) is 15.9. The molecular formula is C24H31N7OS. The number of aryl methyl sites for hydroxylation is 1. The number of carbonyl (C=O) groups excluding carboxylic acids is 1. The van der Waals surface area contributed by atoms with E-state index in [4.69, 9.17) is 5.26 Å². The molecule has 2 aliphatic heterocycles. The lowest BCUT2D eigenvalue weighted by atomic mass is 9.95. The number of thiophene rings is 1. The number of hydrogen-bond acceptors (Lipinski definition) is 7. The molecule has 0 unspecified atom stereocenters. The summed E-state index contributed by atoms with van der Waals surface area (Å²) in [6.07, 6.45) is 5.20. The number of fused-ring (bicyclic) bond motifs is 2. The molecule has 8 nitrogen and oxygen atoms in total. The van der Waals surface area contributed by atoms with Crippen molar-refractivity contribution in [2.45, 2.75) is 89.4 Å². The minimum absolute atomic E-state index is 0.153. The molecule has 33 heavy (non-hydrogen) atoms. The Morgan fingerprint density at radius 1 is 1.21 bits per heavy atom. The summed E-state index contributed by atoms with van der Waals surface area (Å²) < 4.78 is 2.37. The van der Waals surface area contributed by atoms with Crippen molar-refractivity contribution in [2.75, 3.05) is 6.54 Å². The molecule has 4 heterocycles. The molecule has 2 fully saturated rings. The van der Waals surface area contributed by atoms with Crippen LogP contribution >= 0.6 is 11.3 Å². The molecule has 0 radical (unpaired) electrons. The van der Waals surface area contributed by atoms with Gasteiger partial charge in [0.2, 0.25) is 5.91 Å². The van der Waals surface area contributed by atoms with Crippen molar-refractivity contribution in [1.29, 1.82) is 10.5 Å². The van der Waals surface area contributed by atoms with Crippen molar-refractivity contribution < 1.29 is 4.79 Å². The van der Waals surface area contributed by atoms with E-state index in [2.05, 4.69) is 51.8 Å². The highest BCUT2D eigenvalue weighted by atomic mass is 32.1. The summed E-state index contributed by atoms with van der Waals surface area (Å²) in [5.41, 5.74) is 0. The second-order valence-electron chi connectivity index (χ2n) is 9.44. The van der Waals surface area contributed by atoms with E-state index < -0.39 is 0 Å². The molecule has 1 amide bonds. The first-order valence-corrected chi connectivity index (χ1v) is 12.6. The largest absolute Gasteiger partial charge is 0.348 e. The summed E-state index contributed by atoms with van der Waals surface area (Å²) in [5, 5.41) is 29.9. The first-order valence-electron chi connectivity index (χ1n) is 11.7. The second-order valence-corrected chi connectivity index (χ2v) is 10.6. The van der Waals surface area contributed by atoms with E-state index in [0.29, 0.717) is 28.9 Å². The maximum atomic E-state index is 12.2. The van der Waals surface area contributed by atoms with Crippen LogP contribution in [0.4, 0.5) is 0 Å². The Labute approximate surface area is 199 Å². The van der Waals surface area contributed by atoms with Crippen LogP contribution < -0.4 is 5.32 Å². The van der Waals surface area contributed by atoms with Crippen molar-refractivity contribution in [2.24, 2.45) is 0 Å². The second kappa shape index (κ2) is 10.0. The molecule has 2 saturated heterocycles. The number of rotatable bonds is 8. The summed E-state index contributed by atoms with van der Waals surface area (Å²) in [7, 11) is 0. The molecule has 2 aromatic heterocycles. The first kappa shape index (κ1) is 23.4. The van der Waals surface area contributed by atoms with Crippen molar-refractivity contribution in [3.8, 4) is 12.1 Å². The summed E-state index contributed by atoms with van der Waals surface area (Å²) in [6.45, 7) is 7.29. The molecule has 0 aliphatic carbocycles. The molecule has 1 N–H and O–H groups in total. The summed E-state index contributed by atoms with van der Waals surface area (Å²) in [5.74, 6) is 2.17. The minimum Gasteiger partial charge on any atom is -0.348 e. The van der Waals surface area contributed by atoms with E-state index in [1.807, 2.05) is 12.1 Å². The number of nitrogens with zero attached hydrogens (tertiary/aromatic N) is 6. The topological polar surface area (TPSA) is 111 Å². The average molecular weight is 466 g/mol. The zero-order valence-electron chi connectivity index (χ0n) is 19.5. The number of aromatic nitrogens is 3. The Morgan fingerprint density at radius 3 is 2.55 bits per heavy atom. The van der Waals surface area contributed by atoms with Gasteiger partial charge < -0.3 is 9.88 Å². The van der Waals surface area contributed by atoms with Gasteiger partial charge >= 0.3 is 0 Å². The Bertz CT molecular complexity index is 1060. The SMILES string of the molecule is Cc1nnc(C(C)C)n1C1C[C@@H]2CC[C@@H](C1)N2CC[C@H](NC(=O)CC#N)c1ccc(C#N)s1. The minimum atomic E-state index is -0.264. The van der Waals surface area contributed by atoms with Gasteiger partial charge in [-0.05, 0) is 51.2 Å². The number of hydrogen-bond donors (Lipinski definition) is 1. The molecule has 0 aromatic carbocycles. The predicted molar refractivity (Wildman–Crippen MR) is 125 cm³/mol. The molecule has 0 spiro atoms. The molecule has 2 bridgehead atoms. The van der Waals surface area contributed by atoms with Crippen LogP contribution in [-0.2, 0) is 4.79 Å². The van der Waals surface area contributed by atoms with Crippen LogP contribution in [0.1, 0.15) is 91.8 Å². The van der Waals surface area contributed by atoms with Crippen molar-refractivity contribution in [3.05, 3.63) is 33.5 Å². The molecule has 3 atom stereocenters. The molecular weight excluding hydrogens is 434 g/mol. The summed E-state index contributed by atoms with van der Waals surface area (Å²) in [4.78, 5) is 16.4. The Balaban J connectivity index is 1.45. The summed E-state index contributed by atoms with van der Waals surface area (Å²) in [6, 6.07) is 9.11. The van der Waals surface area contributed by atoms with Crippen LogP contribution in [0.15, 0.2) is 12.1 Å². The van der Waals surface area contributed by atoms with Gasteiger partial charge in [-0.15, -0.1) is 21.5 Å². The lowest BCUT2D eigenvalue weighted by Gasteiger charge is -2.40. The number of nitriles is 2. The lowest BCUT2D eigenvalue weighted by Crippen LogP contribution is -2.45.